The van der Waals surface area contributed by atoms with Gasteiger partial charge in [-0.3, -0.25) is 9.55 Å². The van der Waals surface area contributed by atoms with Crippen molar-refractivity contribution in [1.82, 2.24) is 19.5 Å². The first kappa shape index (κ1) is 22.9. The molecule has 3 aromatic carbocycles. The molecule has 1 aliphatic carbocycles. The summed E-state index contributed by atoms with van der Waals surface area (Å²) in [6.07, 6.45) is 3.76. The summed E-state index contributed by atoms with van der Waals surface area (Å²) >= 11 is 0. The smallest absolute Gasteiger partial charge is 0.138 e. The number of benzene rings is 3. The second-order valence-corrected chi connectivity index (χ2v) is 11.0. The molecule has 0 spiro atoms. The lowest BCUT2D eigenvalue weighted by molar-refractivity contribution is 0.660. The van der Waals surface area contributed by atoms with E-state index in [2.05, 4.69) is 114 Å². The molecule has 0 amide bonds. The molecule has 0 bridgehead atoms. The molecule has 0 N–H and O–H groups in total. The van der Waals surface area contributed by atoms with Gasteiger partial charge in [0.1, 0.15) is 5.82 Å². The first-order valence-electron chi connectivity index (χ1n) is 13.6. The molecule has 0 saturated carbocycles. The van der Waals surface area contributed by atoms with Crippen molar-refractivity contribution in [3.8, 4) is 39.6 Å². The van der Waals surface area contributed by atoms with Crippen LogP contribution in [0.15, 0.2) is 122 Å². The predicted octanol–water partition coefficient (Wildman–Crippen LogP) is 8.61. The summed E-state index contributed by atoms with van der Waals surface area (Å²) in [4.78, 5) is 14.6. The third kappa shape index (κ3) is 3.29. The number of nitrogens with zero attached hydrogens (tertiary/aromatic N) is 4. The molecule has 0 atom stereocenters. The van der Waals surface area contributed by atoms with E-state index >= 15 is 0 Å². The zero-order valence-corrected chi connectivity index (χ0v) is 22.3. The molecule has 4 aromatic heterocycles. The predicted molar refractivity (Wildman–Crippen MR) is 163 cm³/mol. The van der Waals surface area contributed by atoms with Crippen molar-refractivity contribution in [2.24, 2.45) is 0 Å². The van der Waals surface area contributed by atoms with Crippen LogP contribution < -0.4 is 0 Å². The van der Waals surface area contributed by atoms with Gasteiger partial charge in [-0.25, -0.2) is 9.97 Å². The lowest BCUT2D eigenvalue weighted by Crippen LogP contribution is -2.14. The Labute approximate surface area is 232 Å². The summed E-state index contributed by atoms with van der Waals surface area (Å²) in [5.74, 6) is 0.848. The molecule has 0 unspecified atom stereocenters. The van der Waals surface area contributed by atoms with E-state index in [-0.39, 0.29) is 5.41 Å². The minimum atomic E-state index is -0.0490. The fourth-order valence-electron chi connectivity index (χ4n) is 6.36. The van der Waals surface area contributed by atoms with Crippen LogP contribution in [0.2, 0.25) is 0 Å². The summed E-state index contributed by atoms with van der Waals surface area (Å²) in [5.41, 5.74) is 11.2. The monoisotopic (exact) mass is 514 g/mol. The largest absolute Gasteiger partial charge is 0.292 e. The normalized spacial score (nSPS) is 13.4. The average molecular weight is 515 g/mol. The fraction of sp³-hybridized carbons (Fsp3) is 0.0833. The average Bonchev–Trinajstić information content (AvgIpc) is 3.46. The maximum Gasteiger partial charge on any atom is 0.138 e. The highest BCUT2D eigenvalue weighted by molar-refractivity contribution is 6.08. The number of fused-ring (bicyclic) bond motifs is 6. The van der Waals surface area contributed by atoms with E-state index in [1.807, 2.05) is 30.6 Å². The van der Waals surface area contributed by atoms with E-state index in [4.69, 9.17) is 9.97 Å². The lowest BCUT2D eigenvalue weighted by atomic mass is 9.82. The van der Waals surface area contributed by atoms with Gasteiger partial charge < -0.3 is 0 Å². The molecule has 7 aromatic rings. The molecule has 4 heteroatoms. The van der Waals surface area contributed by atoms with E-state index in [1.165, 1.54) is 33.0 Å². The molecule has 190 valence electrons. The molecule has 1 aliphatic rings. The Hall–Kier alpha value is -5.09. The quantitative estimate of drug-likeness (QED) is 0.237. The van der Waals surface area contributed by atoms with E-state index in [1.54, 1.807) is 0 Å². The van der Waals surface area contributed by atoms with Gasteiger partial charge in [0.2, 0.25) is 0 Å². The van der Waals surface area contributed by atoms with Crippen molar-refractivity contribution >= 4 is 21.8 Å². The van der Waals surface area contributed by atoms with Crippen molar-refractivity contribution in [2.45, 2.75) is 19.3 Å². The Morgan fingerprint density at radius 3 is 2.23 bits per heavy atom. The molecule has 0 saturated heterocycles. The first-order chi connectivity index (χ1) is 19.6. The van der Waals surface area contributed by atoms with Crippen LogP contribution in [0.4, 0.5) is 0 Å². The van der Waals surface area contributed by atoms with Crippen LogP contribution in [0, 0.1) is 0 Å². The van der Waals surface area contributed by atoms with Gasteiger partial charge in [-0.2, -0.15) is 0 Å². The number of hydrogen-bond acceptors (Lipinski definition) is 3. The third-order valence-corrected chi connectivity index (χ3v) is 8.33. The molecule has 40 heavy (non-hydrogen) atoms. The second-order valence-electron chi connectivity index (χ2n) is 11.0. The number of pyridine rings is 3. The fourth-order valence-corrected chi connectivity index (χ4v) is 6.36. The van der Waals surface area contributed by atoms with Crippen LogP contribution in [0.25, 0.3) is 61.4 Å². The molecule has 4 heterocycles. The van der Waals surface area contributed by atoms with Gasteiger partial charge in [0.05, 0.1) is 34.3 Å². The molecular formula is C36H26N4. The van der Waals surface area contributed by atoms with Gasteiger partial charge in [0, 0.05) is 27.9 Å². The van der Waals surface area contributed by atoms with Crippen LogP contribution in [-0.2, 0) is 5.41 Å². The van der Waals surface area contributed by atoms with E-state index in [9.17, 15) is 0 Å². The van der Waals surface area contributed by atoms with Crippen LogP contribution in [0.1, 0.15) is 25.0 Å². The summed E-state index contributed by atoms with van der Waals surface area (Å²) < 4.78 is 2.19. The molecular weight excluding hydrogens is 488 g/mol. The van der Waals surface area contributed by atoms with Crippen molar-refractivity contribution in [1.29, 1.82) is 0 Å². The Kier molecular flexibility index (Phi) is 4.83. The Balaban J connectivity index is 1.23. The number of para-hydroxylation sites is 1. The summed E-state index contributed by atoms with van der Waals surface area (Å²) in [6.45, 7) is 4.62. The molecule has 0 fully saturated rings. The van der Waals surface area contributed by atoms with Crippen molar-refractivity contribution in [3.63, 3.8) is 0 Å². The van der Waals surface area contributed by atoms with Crippen LogP contribution in [0.3, 0.4) is 0 Å². The SMILES string of the molecule is CC1(C)c2ccccc2-c2ccc(-c3cccc(-c4cccc(-n5c6ccccc6c6ccncc65)n4)n3)cc21. The maximum absolute atomic E-state index is 5.10. The first-order valence-corrected chi connectivity index (χ1v) is 13.6. The standard InChI is InChI=1S/C36H26N4/c1-36(2)28-11-5-3-9-24(28)25-18-17-23(21-29(25)36)30-12-7-13-31(38-30)32-14-8-16-35(39-32)40-33-15-6-4-10-26(33)27-19-20-37-22-34(27)40/h3-22H,1-2H3. The van der Waals surface area contributed by atoms with E-state index < -0.39 is 0 Å². The summed E-state index contributed by atoms with van der Waals surface area (Å²) in [5, 5.41) is 2.36. The van der Waals surface area contributed by atoms with E-state index in [0.717, 1.165) is 39.5 Å². The van der Waals surface area contributed by atoms with Crippen LogP contribution in [0.5, 0.6) is 0 Å². The zero-order chi connectivity index (χ0) is 26.8. The lowest BCUT2D eigenvalue weighted by Gasteiger charge is -2.21. The zero-order valence-electron chi connectivity index (χ0n) is 22.3. The van der Waals surface area contributed by atoms with Gasteiger partial charge >= 0.3 is 0 Å². The Morgan fingerprint density at radius 1 is 0.575 bits per heavy atom. The summed E-state index contributed by atoms with van der Waals surface area (Å²) in [7, 11) is 0. The summed E-state index contributed by atoms with van der Waals surface area (Å²) in [6, 6.07) is 38.3. The molecule has 0 radical (unpaired) electrons. The second kappa shape index (κ2) is 8.45. The highest BCUT2D eigenvalue weighted by atomic mass is 15.1. The molecule has 8 rings (SSSR count). The van der Waals surface area contributed by atoms with Gasteiger partial charge in [-0.15, -0.1) is 0 Å². The van der Waals surface area contributed by atoms with Crippen LogP contribution in [-0.4, -0.2) is 19.5 Å². The van der Waals surface area contributed by atoms with Gasteiger partial charge in [0.15, 0.2) is 0 Å². The van der Waals surface area contributed by atoms with Gasteiger partial charge in [0.25, 0.3) is 0 Å². The van der Waals surface area contributed by atoms with E-state index in [0.29, 0.717) is 0 Å². The minimum absolute atomic E-state index is 0.0490. The van der Waals surface area contributed by atoms with Crippen molar-refractivity contribution < 1.29 is 0 Å². The van der Waals surface area contributed by atoms with Gasteiger partial charge in [-0.1, -0.05) is 80.6 Å². The van der Waals surface area contributed by atoms with Gasteiger partial charge in [-0.05, 0) is 64.7 Å². The minimum Gasteiger partial charge on any atom is -0.292 e. The van der Waals surface area contributed by atoms with Crippen LogP contribution >= 0.6 is 0 Å². The van der Waals surface area contributed by atoms with Crippen molar-refractivity contribution in [3.05, 3.63) is 133 Å². The highest BCUT2D eigenvalue weighted by Gasteiger charge is 2.35. The maximum atomic E-state index is 5.10. The number of hydrogen-bond donors (Lipinski definition) is 0. The third-order valence-electron chi connectivity index (χ3n) is 8.33. The molecule has 0 aliphatic heterocycles. The Bertz CT molecular complexity index is 2050. The Morgan fingerprint density at radius 2 is 1.30 bits per heavy atom. The number of rotatable bonds is 3. The van der Waals surface area contributed by atoms with Crippen molar-refractivity contribution in [2.75, 3.05) is 0 Å². The number of aromatic nitrogens is 4. The topological polar surface area (TPSA) is 43.6 Å². The molecule has 4 nitrogen and oxygen atoms in total. The highest BCUT2D eigenvalue weighted by Crippen LogP contribution is 2.49.